The monoisotopic (exact) mass is 286 g/mol. The standard InChI is InChI=1S/C12H18N2O4S/c1-14(2)19(16,17)10-5-6-11(18-3)9(8-10)4-7-12(13)15/h5-6,8H,4,7H2,1-3H3,(H2,13,15). The Hall–Kier alpha value is -1.60. The highest BCUT2D eigenvalue weighted by Crippen LogP contribution is 2.24. The van der Waals surface area contributed by atoms with Gasteiger partial charge in [0.2, 0.25) is 15.9 Å². The molecule has 0 atom stereocenters. The van der Waals surface area contributed by atoms with Crippen molar-refractivity contribution in [3.63, 3.8) is 0 Å². The number of rotatable bonds is 6. The van der Waals surface area contributed by atoms with E-state index in [1.54, 1.807) is 6.07 Å². The lowest BCUT2D eigenvalue weighted by molar-refractivity contribution is -0.117. The van der Waals surface area contributed by atoms with Gasteiger partial charge in [-0.25, -0.2) is 12.7 Å². The van der Waals surface area contributed by atoms with E-state index in [1.165, 1.54) is 33.3 Å². The van der Waals surface area contributed by atoms with Gasteiger partial charge in [0, 0.05) is 20.5 Å². The number of nitrogens with two attached hydrogens (primary N) is 1. The summed E-state index contributed by atoms with van der Waals surface area (Å²) in [6.07, 6.45) is 0.483. The third kappa shape index (κ3) is 3.68. The van der Waals surface area contributed by atoms with Crippen molar-refractivity contribution in [3.8, 4) is 5.75 Å². The van der Waals surface area contributed by atoms with Crippen LogP contribution < -0.4 is 10.5 Å². The highest BCUT2D eigenvalue weighted by atomic mass is 32.2. The number of sulfonamides is 1. The van der Waals surface area contributed by atoms with Crippen molar-refractivity contribution in [3.05, 3.63) is 23.8 Å². The number of benzene rings is 1. The van der Waals surface area contributed by atoms with Gasteiger partial charge in [0.25, 0.3) is 0 Å². The lowest BCUT2D eigenvalue weighted by Crippen LogP contribution is -2.22. The molecule has 1 rings (SSSR count). The number of carbonyl (C=O) groups excluding carboxylic acids is 1. The van der Waals surface area contributed by atoms with Crippen LogP contribution in [0.4, 0.5) is 0 Å². The molecule has 0 aromatic heterocycles. The van der Waals surface area contributed by atoms with Crippen molar-refractivity contribution in [2.45, 2.75) is 17.7 Å². The molecule has 0 aliphatic carbocycles. The second kappa shape index (κ2) is 6.03. The van der Waals surface area contributed by atoms with Gasteiger partial charge >= 0.3 is 0 Å². The Morgan fingerprint density at radius 1 is 1.37 bits per heavy atom. The Balaban J connectivity index is 3.18. The molecule has 6 nitrogen and oxygen atoms in total. The minimum atomic E-state index is -3.50. The zero-order valence-electron chi connectivity index (χ0n) is 11.2. The molecule has 0 radical (unpaired) electrons. The average molecular weight is 286 g/mol. The fourth-order valence-electron chi connectivity index (χ4n) is 1.58. The van der Waals surface area contributed by atoms with Gasteiger partial charge in [-0.15, -0.1) is 0 Å². The molecule has 0 saturated heterocycles. The molecule has 2 N–H and O–H groups in total. The highest BCUT2D eigenvalue weighted by Gasteiger charge is 2.19. The van der Waals surface area contributed by atoms with E-state index in [2.05, 4.69) is 0 Å². The molecular formula is C12H18N2O4S. The first-order valence-corrected chi connectivity index (χ1v) is 7.10. The van der Waals surface area contributed by atoms with E-state index in [-0.39, 0.29) is 11.3 Å². The molecule has 0 aliphatic heterocycles. The molecule has 0 spiro atoms. The van der Waals surface area contributed by atoms with Gasteiger partial charge in [-0.2, -0.15) is 0 Å². The van der Waals surface area contributed by atoms with Crippen LogP contribution in [0.3, 0.4) is 0 Å². The van der Waals surface area contributed by atoms with Crippen molar-refractivity contribution in [1.82, 2.24) is 4.31 Å². The van der Waals surface area contributed by atoms with E-state index in [9.17, 15) is 13.2 Å². The maximum Gasteiger partial charge on any atom is 0.242 e. The van der Waals surface area contributed by atoms with E-state index in [1.807, 2.05) is 0 Å². The summed E-state index contributed by atoms with van der Waals surface area (Å²) >= 11 is 0. The van der Waals surface area contributed by atoms with Crippen LogP contribution in [0.5, 0.6) is 5.75 Å². The number of primary amides is 1. The lowest BCUT2D eigenvalue weighted by Gasteiger charge is -2.14. The van der Waals surface area contributed by atoms with Crippen molar-refractivity contribution in [1.29, 1.82) is 0 Å². The van der Waals surface area contributed by atoms with Crippen LogP contribution >= 0.6 is 0 Å². The molecule has 0 bridgehead atoms. The number of amides is 1. The summed E-state index contributed by atoms with van der Waals surface area (Å²) < 4.78 is 30.3. The largest absolute Gasteiger partial charge is 0.496 e. The average Bonchev–Trinajstić information content (AvgIpc) is 2.35. The molecule has 0 aliphatic rings. The summed E-state index contributed by atoms with van der Waals surface area (Å²) in [6.45, 7) is 0. The number of carbonyl (C=O) groups is 1. The van der Waals surface area contributed by atoms with E-state index < -0.39 is 15.9 Å². The maximum atomic E-state index is 12.0. The summed E-state index contributed by atoms with van der Waals surface area (Å²) in [6, 6.07) is 4.56. The van der Waals surface area contributed by atoms with Gasteiger partial charge < -0.3 is 10.5 Å². The fraction of sp³-hybridized carbons (Fsp3) is 0.417. The van der Waals surface area contributed by atoms with E-state index in [4.69, 9.17) is 10.5 Å². The third-order valence-corrected chi connectivity index (χ3v) is 4.48. The molecular weight excluding hydrogens is 268 g/mol. The Labute approximate surface area is 113 Å². The van der Waals surface area contributed by atoms with Crippen LogP contribution in [0.25, 0.3) is 0 Å². The number of hydrogen-bond donors (Lipinski definition) is 1. The number of ether oxygens (including phenoxy) is 1. The van der Waals surface area contributed by atoms with Crippen LogP contribution in [0.1, 0.15) is 12.0 Å². The molecule has 1 amide bonds. The third-order valence-electron chi connectivity index (χ3n) is 2.67. The lowest BCUT2D eigenvalue weighted by atomic mass is 10.1. The van der Waals surface area contributed by atoms with Crippen LogP contribution in [0.15, 0.2) is 23.1 Å². The summed E-state index contributed by atoms with van der Waals surface area (Å²) in [5.41, 5.74) is 5.74. The van der Waals surface area contributed by atoms with Crippen molar-refractivity contribution >= 4 is 15.9 Å². The molecule has 1 aromatic carbocycles. The van der Waals surface area contributed by atoms with Gasteiger partial charge in [-0.3, -0.25) is 4.79 Å². The van der Waals surface area contributed by atoms with Gasteiger partial charge in [-0.1, -0.05) is 0 Å². The summed E-state index contributed by atoms with van der Waals surface area (Å²) in [5, 5.41) is 0. The van der Waals surface area contributed by atoms with Gasteiger partial charge in [0.15, 0.2) is 0 Å². The Bertz CT molecular complexity index is 567. The maximum absolute atomic E-state index is 12.0. The predicted octanol–water partition coefficient (Wildman–Crippen LogP) is 0.363. The van der Waals surface area contributed by atoms with Crippen LogP contribution in [-0.4, -0.2) is 39.8 Å². The second-order valence-electron chi connectivity index (χ2n) is 4.23. The number of aryl methyl sites for hydroxylation is 1. The summed E-state index contributed by atoms with van der Waals surface area (Å²) in [4.78, 5) is 11.0. The summed E-state index contributed by atoms with van der Waals surface area (Å²) in [5.74, 6) is 0.0990. The van der Waals surface area contributed by atoms with Crippen molar-refractivity contribution < 1.29 is 17.9 Å². The SMILES string of the molecule is COc1ccc(S(=O)(=O)N(C)C)cc1CCC(N)=O. The van der Waals surface area contributed by atoms with Crippen LogP contribution in [0, 0.1) is 0 Å². The first-order valence-electron chi connectivity index (χ1n) is 5.66. The first-order chi connectivity index (χ1) is 8.78. The fourth-order valence-corrected chi connectivity index (χ4v) is 2.53. The predicted molar refractivity (Wildman–Crippen MR) is 71.4 cm³/mol. The zero-order chi connectivity index (χ0) is 14.6. The van der Waals surface area contributed by atoms with Crippen LogP contribution in [-0.2, 0) is 21.2 Å². The van der Waals surface area contributed by atoms with Crippen molar-refractivity contribution in [2.75, 3.05) is 21.2 Å². The Kier molecular flexibility index (Phi) is 4.90. The van der Waals surface area contributed by atoms with E-state index in [0.29, 0.717) is 17.7 Å². The highest BCUT2D eigenvalue weighted by molar-refractivity contribution is 7.89. The molecule has 0 saturated carbocycles. The summed E-state index contributed by atoms with van der Waals surface area (Å²) in [7, 11) is 0.910. The number of methoxy groups -OCH3 is 1. The molecule has 19 heavy (non-hydrogen) atoms. The Morgan fingerprint density at radius 2 is 2.00 bits per heavy atom. The normalized spacial score (nSPS) is 11.6. The quantitative estimate of drug-likeness (QED) is 0.817. The van der Waals surface area contributed by atoms with Crippen molar-refractivity contribution in [2.24, 2.45) is 5.73 Å². The number of nitrogens with zero attached hydrogens (tertiary/aromatic N) is 1. The first kappa shape index (κ1) is 15.5. The van der Waals surface area contributed by atoms with Gasteiger partial charge in [0.1, 0.15) is 5.75 Å². The van der Waals surface area contributed by atoms with Gasteiger partial charge in [0.05, 0.1) is 12.0 Å². The molecule has 0 unspecified atom stereocenters. The molecule has 106 valence electrons. The second-order valence-corrected chi connectivity index (χ2v) is 6.38. The zero-order valence-corrected chi connectivity index (χ0v) is 12.0. The van der Waals surface area contributed by atoms with Gasteiger partial charge in [-0.05, 0) is 30.2 Å². The number of hydrogen-bond acceptors (Lipinski definition) is 4. The van der Waals surface area contributed by atoms with E-state index >= 15 is 0 Å². The smallest absolute Gasteiger partial charge is 0.242 e. The molecule has 1 aromatic rings. The molecule has 0 fully saturated rings. The van der Waals surface area contributed by atoms with Crippen LogP contribution in [0.2, 0.25) is 0 Å². The minimum Gasteiger partial charge on any atom is -0.496 e. The molecule has 0 heterocycles. The Morgan fingerprint density at radius 3 is 2.47 bits per heavy atom. The van der Waals surface area contributed by atoms with E-state index in [0.717, 1.165) is 4.31 Å². The molecule has 7 heteroatoms. The minimum absolute atomic E-state index is 0.141. The topological polar surface area (TPSA) is 89.7 Å².